The van der Waals surface area contributed by atoms with Crippen LogP contribution in [0.15, 0.2) is 29.2 Å². The lowest BCUT2D eigenvalue weighted by Crippen LogP contribution is -2.49. The Morgan fingerprint density at radius 2 is 2.41 bits per heavy atom. The quantitative estimate of drug-likeness (QED) is 0.943. The van der Waals surface area contributed by atoms with Crippen molar-refractivity contribution >= 4 is 17.4 Å². The molecule has 118 valence electrons. The van der Waals surface area contributed by atoms with Gasteiger partial charge in [0, 0.05) is 31.9 Å². The molecule has 1 fully saturated rings. The molecule has 0 aliphatic carbocycles. The van der Waals surface area contributed by atoms with Crippen molar-refractivity contribution in [2.45, 2.75) is 25.7 Å². The molecule has 2 atom stereocenters. The molecule has 2 aromatic heterocycles. The molecule has 0 spiro atoms. The van der Waals surface area contributed by atoms with Gasteiger partial charge in [-0.1, -0.05) is 0 Å². The van der Waals surface area contributed by atoms with E-state index in [-0.39, 0.29) is 18.2 Å². The highest BCUT2D eigenvalue weighted by atomic mass is 32.1. The Balaban J connectivity index is 1.59. The van der Waals surface area contributed by atoms with Gasteiger partial charge in [0.15, 0.2) is 0 Å². The fourth-order valence-electron chi connectivity index (χ4n) is 2.61. The summed E-state index contributed by atoms with van der Waals surface area (Å²) in [7, 11) is 1.86. The third kappa shape index (κ3) is 3.48. The first-order valence-corrected chi connectivity index (χ1v) is 8.24. The van der Waals surface area contributed by atoms with Crippen molar-refractivity contribution in [3.05, 3.63) is 40.3 Å². The Kier molecular flexibility index (Phi) is 4.44. The molecule has 1 aliphatic rings. The van der Waals surface area contributed by atoms with Crippen LogP contribution in [0, 0.1) is 0 Å². The zero-order valence-corrected chi connectivity index (χ0v) is 13.5. The number of aryl methyl sites for hydroxylation is 1. The lowest BCUT2D eigenvalue weighted by atomic mass is 10.1. The zero-order valence-electron chi connectivity index (χ0n) is 12.7. The maximum absolute atomic E-state index is 12.4. The van der Waals surface area contributed by atoms with Gasteiger partial charge in [0.2, 0.25) is 0 Å². The van der Waals surface area contributed by atoms with Crippen LogP contribution >= 0.6 is 11.3 Å². The SMILES string of the molecule is C[C@H]1CN(C(=O)NCc2cnn(C)c2)C[C@@H](c2ccsc2)O1. The van der Waals surface area contributed by atoms with Crippen LogP contribution in [0.25, 0.3) is 0 Å². The number of rotatable bonds is 3. The van der Waals surface area contributed by atoms with Gasteiger partial charge in [-0.3, -0.25) is 4.68 Å². The van der Waals surface area contributed by atoms with E-state index in [1.165, 1.54) is 0 Å². The third-order valence-corrected chi connectivity index (χ3v) is 4.37. The summed E-state index contributed by atoms with van der Waals surface area (Å²) < 4.78 is 7.68. The molecular formula is C15H20N4O2S. The number of hydrogen-bond acceptors (Lipinski definition) is 4. The molecule has 3 rings (SSSR count). The normalized spacial score (nSPS) is 21.8. The minimum atomic E-state index is -0.0563. The number of morpholine rings is 1. The molecule has 2 aromatic rings. The van der Waals surface area contributed by atoms with Gasteiger partial charge in [-0.2, -0.15) is 16.4 Å². The van der Waals surface area contributed by atoms with Gasteiger partial charge in [-0.25, -0.2) is 4.79 Å². The molecule has 1 aliphatic heterocycles. The molecule has 1 N–H and O–H groups in total. The minimum Gasteiger partial charge on any atom is -0.367 e. The fourth-order valence-corrected chi connectivity index (χ4v) is 3.31. The topological polar surface area (TPSA) is 59.4 Å². The second-order valence-electron chi connectivity index (χ2n) is 5.58. The molecule has 0 bridgehead atoms. The summed E-state index contributed by atoms with van der Waals surface area (Å²) in [6.07, 6.45) is 3.65. The molecule has 22 heavy (non-hydrogen) atoms. The van der Waals surface area contributed by atoms with E-state index in [0.717, 1.165) is 11.1 Å². The van der Waals surface area contributed by atoms with Gasteiger partial charge < -0.3 is 15.0 Å². The van der Waals surface area contributed by atoms with Gasteiger partial charge in [0.25, 0.3) is 0 Å². The molecule has 0 aromatic carbocycles. The average molecular weight is 320 g/mol. The molecule has 2 amide bonds. The molecule has 6 nitrogen and oxygen atoms in total. The summed E-state index contributed by atoms with van der Waals surface area (Å²) in [5.74, 6) is 0. The molecule has 0 radical (unpaired) electrons. The second kappa shape index (κ2) is 6.50. The van der Waals surface area contributed by atoms with Crippen molar-refractivity contribution in [3.63, 3.8) is 0 Å². The first-order chi connectivity index (χ1) is 10.6. The summed E-state index contributed by atoms with van der Waals surface area (Å²) in [6, 6.07) is 2.00. The Morgan fingerprint density at radius 3 is 3.09 bits per heavy atom. The summed E-state index contributed by atoms with van der Waals surface area (Å²) >= 11 is 1.65. The largest absolute Gasteiger partial charge is 0.367 e. The smallest absolute Gasteiger partial charge is 0.317 e. The van der Waals surface area contributed by atoms with Crippen LogP contribution in [0.4, 0.5) is 4.79 Å². The van der Waals surface area contributed by atoms with Crippen molar-refractivity contribution in [1.29, 1.82) is 0 Å². The molecule has 0 saturated carbocycles. The van der Waals surface area contributed by atoms with E-state index in [2.05, 4.69) is 21.9 Å². The van der Waals surface area contributed by atoms with E-state index in [9.17, 15) is 4.79 Å². The molecular weight excluding hydrogens is 300 g/mol. The van der Waals surface area contributed by atoms with Crippen LogP contribution in [0.3, 0.4) is 0 Å². The lowest BCUT2D eigenvalue weighted by Gasteiger charge is -2.36. The monoisotopic (exact) mass is 320 g/mol. The number of nitrogens with zero attached hydrogens (tertiary/aromatic N) is 3. The Morgan fingerprint density at radius 1 is 1.55 bits per heavy atom. The first kappa shape index (κ1) is 15.1. The van der Waals surface area contributed by atoms with Gasteiger partial charge in [0.1, 0.15) is 6.10 Å². The number of thiophene rings is 1. The van der Waals surface area contributed by atoms with Crippen LogP contribution in [0.5, 0.6) is 0 Å². The molecule has 1 saturated heterocycles. The Labute approximate surface area is 133 Å². The van der Waals surface area contributed by atoms with Crippen LogP contribution in [-0.4, -0.2) is 39.9 Å². The highest BCUT2D eigenvalue weighted by Gasteiger charge is 2.29. The van der Waals surface area contributed by atoms with Crippen molar-refractivity contribution in [2.24, 2.45) is 7.05 Å². The number of carbonyl (C=O) groups is 1. The van der Waals surface area contributed by atoms with E-state index >= 15 is 0 Å². The summed E-state index contributed by atoms with van der Waals surface area (Å²) in [5.41, 5.74) is 2.13. The van der Waals surface area contributed by atoms with Crippen molar-refractivity contribution < 1.29 is 9.53 Å². The maximum atomic E-state index is 12.4. The van der Waals surface area contributed by atoms with Crippen LogP contribution in [-0.2, 0) is 18.3 Å². The van der Waals surface area contributed by atoms with Gasteiger partial charge in [0.05, 0.1) is 18.8 Å². The minimum absolute atomic E-state index is 0.0304. The van der Waals surface area contributed by atoms with Crippen molar-refractivity contribution in [1.82, 2.24) is 20.0 Å². The van der Waals surface area contributed by atoms with E-state index in [4.69, 9.17) is 4.74 Å². The van der Waals surface area contributed by atoms with E-state index in [1.807, 2.05) is 30.4 Å². The number of nitrogens with one attached hydrogen (secondary N) is 1. The number of ether oxygens (including phenoxy) is 1. The standard InChI is InChI=1S/C15H20N4O2S/c1-11-7-19(9-14(21-11)13-3-4-22-10-13)15(20)16-5-12-6-17-18(2)8-12/h3-4,6,8,10-11,14H,5,7,9H2,1-2H3,(H,16,20)/t11-,14-/m0/s1. The van der Waals surface area contributed by atoms with Gasteiger partial charge in [-0.15, -0.1) is 0 Å². The molecule has 7 heteroatoms. The maximum Gasteiger partial charge on any atom is 0.317 e. The molecule has 3 heterocycles. The molecule has 0 unspecified atom stereocenters. The first-order valence-electron chi connectivity index (χ1n) is 7.29. The Bertz CT molecular complexity index is 625. The number of aromatic nitrogens is 2. The highest BCUT2D eigenvalue weighted by molar-refractivity contribution is 7.07. The lowest BCUT2D eigenvalue weighted by molar-refractivity contribution is -0.0655. The van der Waals surface area contributed by atoms with Gasteiger partial charge in [-0.05, 0) is 29.3 Å². The predicted molar refractivity (Wildman–Crippen MR) is 84.6 cm³/mol. The number of amides is 2. The van der Waals surface area contributed by atoms with Crippen LogP contribution in [0.2, 0.25) is 0 Å². The second-order valence-corrected chi connectivity index (χ2v) is 6.36. The number of hydrogen-bond donors (Lipinski definition) is 1. The number of urea groups is 1. The third-order valence-electron chi connectivity index (χ3n) is 3.66. The summed E-state index contributed by atoms with van der Waals surface area (Å²) in [6.45, 7) is 3.68. The van der Waals surface area contributed by atoms with E-state index < -0.39 is 0 Å². The van der Waals surface area contributed by atoms with Crippen molar-refractivity contribution in [2.75, 3.05) is 13.1 Å². The summed E-state index contributed by atoms with van der Waals surface area (Å²) in [5, 5.41) is 11.2. The van der Waals surface area contributed by atoms with E-state index in [1.54, 1.807) is 22.2 Å². The van der Waals surface area contributed by atoms with Crippen LogP contribution in [0.1, 0.15) is 24.2 Å². The van der Waals surface area contributed by atoms with Gasteiger partial charge >= 0.3 is 6.03 Å². The average Bonchev–Trinajstić information content (AvgIpc) is 3.15. The Hall–Kier alpha value is -1.86. The highest BCUT2D eigenvalue weighted by Crippen LogP contribution is 2.26. The zero-order chi connectivity index (χ0) is 15.5. The predicted octanol–water partition coefficient (Wildman–Crippen LogP) is 2.15. The summed E-state index contributed by atoms with van der Waals surface area (Å²) in [4.78, 5) is 14.2. The number of carbonyl (C=O) groups excluding carboxylic acids is 1. The van der Waals surface area contributed by atoms with Crippen molar-refractivity contribution in [3.8, 4) is 0 Å². The van der Waals surface area contributed by atoms with Crippen LogP contribution < -0.4 is 5.32 Å². The fraction of sp³-hybridized carbons (Fsp3) is 0.467. The van der Waals surface area contributed by atoms with E-state index in [0.29, 0.717) is 19.6 Å².